The highest BCUT2D eigenvalue weighted by molar-refractivity contribution is 6.35. The summed E-state index contributed by atoms with van der Waals surface area (Å²) in [5.41, 5.74) is 3.74. The highest BCUT2D eigenvalue weighted by Gasteiger charge is 2.16. The summed E-state index contributed by atoms with van der Waals surface area (Å²) in [5, 5.41) is 0.463. The molecule has 0 aliphatic heterocycles. The fourth-order valence-electron chi connectivity index (χ4n) is 1.90. The number of hydrogen-bond acceptors (Lipinski definition) is 2. The maximum absolute atomic E-state index is 12.4. The molecule has 2 nitrogen and oxygen atoms in total. The Hall–Kier alpha value is -1.67. The number of rotatable bonds is 2. The van der Waals surface area contributed by atoms with Gasteiger partial charge in [-0.2, -0.15) is 0 Å². The van der Waals surface area contributed by atoms with E-state index in [1.807, 2.05) is 38.1 Å². The molecule has 0 unspecified atom stereocenters. The van der Waals surface area contributed by atoms with Crippen LogP contribution < -0.4 is 0 Å². The first-order chi connectivity index (χ1) is 8.49. The number of ketones is 1. The second-order valence-electron chi connectivity index (χ2n) is 4.40. The molecular formula is C15H14ClNO. The summed E-state index contributed by atoms with van der Waals surface area (Å²) in [6.07, 6.45) is 0. The second-order valence-corrected chi connectivity index (χ2v) is 4.81. The third kappa shape index (κ3) is 2.44. The van der Waals surface area contributed by atoms with E-state index in [2.05, 4.69) is 4.98 Å². The molecule has 0 atom stereocenters. The Balaban J connectivity index is 2.49. The summed E-state index contributed by atoms with van der Waals surface area (Å²) in [7, 11) is 0. The number of benzene rings is 1. The van der Waals surface area contributed by atoms with Crippen LogP contribution in [-0.4, -0.2) is 10.8 Å². The van der Waals surface area contributed by atoms with Gasteiger partial charge in [-0.15, -0.1) is 0 Å². The fraction of sp³-hybridized carbons (Fsp3) is 0.200. The first kappa shape index (κ1) is 12.8. The van der Waals surface area contributed by atoms with Crippen molar-refractivity contribution in [1.82, 2.24) is 4.98 Å². The SMILES string of the molecule is Cc1ccc(C(=O)c2c(Cl)cc(C)nc2C)cc1. The van der Waals surface area contributed by atoms with Crippen molar-refractivity contribution >= 4 is 17.4 Å². The van der Waals surface area contributed by atoms with E-state index >= 15 is 0 Å². The van der Waals surface area contributed by atoms with E-state index in [1.165, 1.54) is 0 Å². The molecule has 0 fully saturated rings. The molecule has 2 aromatic rings. The zero-order valence-corrected chi connectivity index (χ0v) is 11.4. The molecule has 1 heterocycles. The van der Waals surface area contributed by atoms with Gasteiger partial charge in [0.15, 0.2) is 5.78 Å². The Labute approximate surface area is 112 Å². The zero-order valence-electron chi connectivity index (χ0n) is 10.6. The van der Waals surface area contributed by atoms with Crippen molar-refractivity contribution < 1.29 is 4.79 Å². The first-order valence-electron chi connectivity index (χ1n) is 5.74. The number of carbonyl (C=O) groups excluding carboxylic acids is 1. The van der Waals surface area contributed by atoms with Gasteiger partial charge >= 0.3 is 0 Å². The van der Waals surface area contributed by atoms with Crippen molar-refractivity contribution in [1.29, 1.82) is 0 Å². The number of pyridine rings is 1. The van der Waals surface area contributed by atoms with Crippen LogP contribution in [0.25, 0.3) is 0 Å². The van der Waals surface area contributed by atoms with Crippen LogP contribution in [0.15, 0.2) is 30.3 Å². The standard InChI is InChI=1S/C15H14ClNO/c1-9-4-6-12(7-5-9)15(18)14-11(3)17-10(2)8-13(14)16/h4-8H,1-3H3. The highest BCUT2D eigenvalue weighted by Crippen LogP contribution is 2.23. The molecule has 0 aliphatic rings. The molecule has 0 radical (unpaired) electrons. The van der Waals surface area contributed by atoms with Crippen LogP contribution in [0.3, 0.4) is 0 Å². The summed E-state index contributed by atoms with van der Waals surface area (Å²) < 4.78 is 0. The molecule has 92 valence electrons. The van der Waals surface area contributed by atoms with Gasteiger partial charge in [0, 0.05) is 11.3 Å². The summed E-state index contributed by atoms with van der Waals surface area (Å²) in [6, 6.07) is 9.17. The van der Waals surface area contributed by atoms with Crippen LogP contribution in [-0.2, 0) is 0 Å². The number of halogens is 1. The van der Waals surface area contributed by atoms with E-state index < -0.39 is 0 Å². The number of aryl methyl sites for hydroxylation is 3. The molecule has 0 N–H and O–H groups in total. The van der Waals surface area contributed by atoms with Gasteiger partial charge in [0.05, 0.1) is 16.3 Å². The summed E-state index contributed by atoms with van der Waals surface area (Å²) in [6.45, 7) is 5.65. The number of nitrogens with zero attached hydrogens (tertiary/aromatic N) is 1. The Morgan fingerprint density at radius 1 is 1.11 bits per heavy atom. The van der Waals surface area contributed by atoms with E-state index in [-0.39, 0.29) is 5.78 Å². The predicted molar refractivity (Wildman–Crippen MR) is 73.3 cm³/mol. The topological polar surface area (TPSA) is 30.0 Å². The number of aromatic nitrogens is 1. The monoisotopic (exact) mass is 259 g/mol. The zero-order chi connectivity index (χ0) is 13.3. The smallest absolute Gasteiger partial charge is 0.196 e. The van der Waals surface area contributed by atoms with Crippen LogP contribution in [0.5, 0.6) is 0 Å². The molecule has 0 saturated heterocycles. The summed E-state index contributed by atoms with van der Waals surface area (Å²) in [5.74, 6) is -0.0787. The second kappa shape index (κ2) is 4.91. The van der Waals surface area contributed by atoms with Gasteiger partial charge in [-0.1, -0.05) is 41.4 Å². The number of hydrogen-bond donors (Lipinski definition) is 0. The van der Waals surface area contributed by atoms with Crippen molar-refractivity contribution in [3.05, 3.63) is 63.4 Å². The van der Waals surface area contributed by atoms with E-state index in [4.69, 9.17) is 11.6 Å². The average molecular weight is 260 g/mol. The molecule has 2 rings (SSSR count). The van der Waals surface area contributed by atoms with Gasteiger partial charge in [0.2, 0.25) is 0 Å². The minimum atomic E-state index is -0.0787. The van der Waals surface area contributed by atoms with E-state index in [0.717, 1.165) is 11.3 Å². The lowest BCUT2D eigenvalue weighted by molar-refractivity contribution is 0.103. The van der Waals surface area contributed by atoms with Gasteiger partial charge in [-0.25, -0.2) is 0 Å². The quantitative estimate of drug-likeness (QED) is 0.766. The largest absolute Gasteiger partial charge is 0.288 e. The molecule has 18 heavy (non-hydrogen) atoms. The fourth-order valence-corrected chi connectivity index (χ4v) is 2.28. The Morgan fingerprint density at radius 3 is 2.28 bits per heavy atom. The van der Waals surface area contributed by atoms with E-state index in [1.54, 1.807) is 13.0 Å². The minimum absolute atomic E-state index is 0.0787. The van der Waals surface area contributed by atoms with Gasteiger partial charge in [0.25, 0.3) is 0 Å². The number of carbonyl (C=O) groups is 1. The summed E-state index contributed by atoms with van der Waals surface area (Å²) >= 11 is 6.15. The minimum Gasteiger partial charge on any atom is -0.288 e. The Bertz CT molecular complexity index is 579. The van der Waals surface area contributed by atoms with Crippen molar-refractivity contribution in [2.24, 2.45) is 0 Å². The Kier molecular flexibility index (Phi) is 3.48. The lowest BCUT2D eigenvalue weighted by Gasteiger charge is -2.08. The van der Waals surface area contributed by atoms with Gasteiger partial charge in [-0.3, -0.25) is 9.78 Å². The van der Waals surface area contributed by atoms with Crippen LogP contribution in [0.2, 0.25) is 5.02 Å². The molecule has 0 spiro atoms. The molecule has 0 aliphatic carbocycles. The van der Waals surface area contributed by atoms with Crippen molar-refractivity contribution in [3.8, 4) is 0 Å². The van der Waals surface area contributed by atoms with Gasteiger partial charge in [-0.05, 0) is 26.8 Å². The van der Waals surface area contributed by atoms with Gasteiger partial charge in [0.1, 0.15) is 0 Å². The van der Waals surface area contributed by atoms with Crippen LogP contribution >= 0.6 is 11.6 Å². The van der Waals surface area contributed by atoms with Gasteiger partial charge < -0.3 is 0 Å². The van der Waals surface area contributed by atoms with E-state index in [0.29, 0.717) is 21.8 Å². The van der Waals surface area contributed by atoms with Crippen molar-refractivity contribution in [3.63, 3.8) is 0 Å². The van der Waals surface area contributed by atoms with E-state index in [9.17, 15) is 4.79 Å². The van der Waals surface area contributed by atoms with Crippen LogP contribution in [0.1, 0.15) is 32.9 Å². The predicted octanol–water partition coefficient (Wildman–Crippen LogP) is 3.89. The molecule has 0 bridgehead atoms. The molecule has 1 aromatic carbocycles. The molecule has 1 aromatic heterocycles. The lowest BCUT2D eigenvalue weighted by atomic mass is 10.0. The molecule has 0 amide bonds. The van der Waals surface area contributed by atoms with Crippen LogP contribution in [0.4, 0.5) is 0 Å². The molecule has 3 heteroatoms. The lowest BCUT2D eigenvalue weighted by Crippen LogP contribution is -2.07. The normalized spacial score (nSPS) is 10.4. The van der Waals surface area contributed by atoms with Crippen LogP contribution in [0, 0.1) is 20.8 Å². The maximum Gasteiger partial charge on any atom is 0.196 e. The maximum atomic E-state index is 12.4. The third-order valence-corrected chi connectivity index (χ3v) is 3.12. The highest BCUT2D eigenvalue weighted by atomic mass is 35.5. The first-order valence-corrected chi connectivity index (χ1v) is 6.12. The molecule has 0 saturated carbocycles. The Morgan fingerprint density at radius 2 is 1.72 bits per heavy atom. The van der Waals surface area contributed by atoms with Crippen molar-refractivity contribution in [2.45, 2.75) is 20.8 Å². The average Bonchev–Trinajstić information content (AvgIpc) is 2.28. The van der Waals surface area contributed by atoms with Crippen molar-refractivity contribution in [2.75, 3.05) is 0 Å². The molecular weight excluding hydrogens is 246 g/mol. The third-order valence-electron chi connectivity index (χ3n) is 2.82. The summed E-state index contributed by atoms with van der Waals surface area (Å²) in [4.78, 5) is 16.7.